The SMILES string of the molecule is N#CN1Cc2c(C(N)=O)cccc2C1Cc1ccccc1. The van der Waals surface area contributed by atoms with Crippen LogP contribution in [0.3, 0.4) is 0 Å². The van der Waals surface area contributed by atoms with Gasteiger partial charge in [0.25, 0.3) is 0 Å². The summed E-state index contributed by atoms with van der Waals surface area (Å²) in [7, 11) is 0. The Morgan fingerprint density at radius 3 is 2.67 bits per heavy atom. The molecule has 1 atom stereocenters. The molecule has 3 rings (SSSR count). The highest BCUT2D eigenvalue weighted by molar-refractivity contribution is 5.94. The first-order valence-corrected chi connectivity index (χ1v) is 6.82. The van der Waals surface area contributed by atoms with E-state index in [9.17, 15) is 10.1 Å². The highest BCUT2D eigenvalue weighted by atomic mass is 16.1. The number of carbonyl (C=O) groups is 1. The summed E-state index contributed by atoms with van der Waals surface area (Å²) in [5, 5.41) is 9.38. The van der Waals surface area contributed by atoms with Crippen LogP contribution in [-0.4, -0.2) is 10.8 Å². The van der Waals surface area contributed by atoms with Gasteiger partial charge in [-0.25, -0.2) is 0 Å². The minimum Gasteiger partial charge on any atom is -0.366 e. The normalized spacial score (nSPS) is 16.3. The molecule has 21 heavy (non-hydrogen) atoms. The lowest BCUT2D eigenvalue weighted by Gasteiger charge is -2.19. The van der Waals surface area contributed by atoms with Crippen LogP contribution in [0.25, 0.3) is 0 Å². The number of benzene rings is 2. The number of hydrogen-bond donors (Lipinski definition) is 1. The Kier molecular flexibility index (Phi) is 3.33. The predicted octanol–water partition coefficient (Wildman–Crippen LogP) is 2.37. The highest BCUT2D eigenvalue weighted by Crippen LogP contribution is 2.37. The average Bonchev–Trinajstić information content (AvgIpc) is 2.86. The van der Waals surface area contributed by atoms with Gasteiger partial charge in [0.15, 0.2) is 6.19 Å². The molecule has 1 amide bonds. The van der Waals surface area contributed by atoms with Gasteiger partial charge in [-0.2, -0.15) is 5.26 Å². The number of carbonyl (C=O) groups excluding carboxylic acids is 1. The summed E-state index contributed by atoms with van der Waals surface area (Å²) in [5.74, 6) is -0.440. The van der Waals surface area contributed by atoms with Crippen molar-refractivity contribution in [3.8, 4) is 6.19 Å². The van der Waals surface area contributed by atoms with E-state index in [0.29, 0.717) is 12.1 Å². The van der Waals surface area contributed by atoms with Crippen molar-refractivity contribution in [3.63, 3.8) is 0 Å². The maximum Gasteiger partial charge on any atom is 0.249 e. The molecule has 0 spiro atoms. The lowest BCUT2D eigenvalue weighted by molar-refractivity contribution is 0.0999. The Hall–Kier alpha value is -2.80. The summed E-state index contributed by atoms with van der Waals surface area (Å²) < 4.78 is 0. The van der Waals surface area contributed by atoms with E-state index >= 15 is 0 Å². The summed E-state index contributed by atoms with van der Waals surface area (Å²) in [6.45, 7) is 0.447. The summed E-state index contributed by atoms with van der Waals surface area (Å²) in [6, 6.07) is 15.5. The molecule has 104 valence electrons. The summed E-state index contributed by atoms with van der Waals surface area (Å²) in [5.41, 5.74) is 9.02. The van der Waals surface area contributed by atoms with Gasteiger partial charge in [-0.05, 0) is 29.2 Å². The highest BCUT2D eigenvalue weighted by Gasteiger charge is 2.32. The molecule has 4 heteroatoms. The third kappa shape index (κ3) is 2.34. The predicted molar refractivity (Wildman–Crippen MR) is 79.0 cm³/mol. The van der Waals surface area contributed by atoms with E-state index in [-0.39, 0.29) is 6.04 Å². The van der Waals surface area contributed by atoms with Crippen LogP contribution in [-0.2, 0) is 13.0 Å². The van der Waals surface area contributed by atoms with E-state index in [1.54, 1.807) is 11.0 Å². The molecule has 1 aliphatic heterocycles. The molecular formula is C17H15N3O. The van der Waals surface area contributed by atoms with E-state index in [1.165, 1.54) is 5.56 Å². The molecule has 1 unspecified atom stereocenters. The molecule has 0 saturated heterocycles. The second-order valence-corrected chi connectivity index (χ2v) is 5.17. The van der Waals surface area contributed by atoms with Gasteiger partial charge in [0.05, 0.1) is 12.6 Å². The Morgan fingerprint density at radius 1 is 1.24 bits per heavy atom. The number of nitrogens with two attached hydrogens (primary N) is 1. The van der Waals surface area contributed by atoms with E-state index in [4.69, 9.17) is 5.73 Å². The molecule has 2 N–H and O–H groups in total. The first-order valence-electron chi connectivity index (χ1n) is 6.82. The van der Waals surface area contributed by atoms with Crippen LogP contribution in [0.1, 0.15) is 33.1 Å². The second kappa shape index (κ2) is 5.29. The van der Waals surface area contributed by atoms with Gasteiger partial charge in [-0.15, -0.1) is 0 Å². The van der Waals surface area contributed by atoms with Crippen molar-refractivity contribution >= 4 is 5.91 Å². The Bertz CT molecular complexity index is 719. The van der Waals surface area contributed by atoms with E-state index in [2.05, 4.69) is 6.19 Å². The van der Waals surface area contributed by atoms with Crippen molar-refractivity contribution in [2.75, 3.05) is 0 Å². The van der Waals surface area contributed by atoms with Gasteiger partial charge in [-0.1, -0.05) is 42.5 Å². The van der Waals surface area contributed by atoms with Crippen molar-refractivity contribution in [1.29, 1.82) is 5.26 Å². The first kappa shape index (κ1) is 13.2. The molecule has 4 nitrogen and oxygen atoms in total. The fourth-order valence-corrected chi connectivity index (χ4v) is 2.94. The molecule has 0 aliphatic carbocycles. The number of amides is 1. The van der Waals surface area contributed by atoms with Gasteiger partial charge >= 0.3 is 0 Å². The number of hydrogen-bond acceptors (Lipinski definition) is 3. The molecule has 1 heterocycles. The van der Waals surface area contributed by atoms with Crippen LogP contribution in [0.2, 0.25) is 0 Å². The summed E-state index contributed by atoms with van der Waals surface area (Å²) in [6.07, 6.45) is 2.97. The molecule has 0 bridgehead atoms. The molecule has 1 aliphatic rings. The Balaban J connectivity index is 2.01. The van der Waals surface area contributed by atoms with Crippen LogP contribution < -0.4 is 5.73 Å². The summed E-state index contributed by atoms with van der Waals surface area (Å²) >= 11 is 0. The molecule has 0 radical (unpaired) electrons. The average molecular weight is 277 g/mol. The fraction of sp³-hybridized carbons (Fsp3) is 0.176. The van der Waals surface area contributed by atoms with Crippen LogP contribution >= 0.6 is 0 Å². The van der Waals surface area contributed by atoms with E-state index in [1.807, 2.05) is 42.5 Å². The Labute approximate surface area is 123 Å². The molecule has 2 aromatic rings. The van der Waals surface area contributed by atoms with Crippen molar-refractivity contribution in [3.05, 3.63) is 70.8 Å². The van der Waals surface area contributed by atoms with Crippen molar-refractivity contribution in [1.82, 2.24) is 4.90 Å². The molecular weight excluding hydrogens is 262 g/mol. The maximum atomic E-state index is 11.5. The zero-order valence-electron chi connectivity index (χ0n) is 11.5. The monoisotopic (exact) mass is 277 g/mol. The number of rotatable bonds is 3. The van der Waals surface area contributed by atoms with Gasteiger partial charge < -0.3 is 5.73 Å². The van der Waals surface area contributed by atoms with Gasteiger partial charge in [-0.3, -0.25) is 9.69 Å². The van der Waals surface area contributed by atoms with E-state index < -0.39 is 5.91 Å². The van der Waals surface area contributed by atoms with Crippen molar-refractivity contribution in [2.45, 2.75) is 19.0 Å². The number of nitrogens with zero attached hydrogens (tertiary/aromatic N) is 2. The number of primary amides is 1. The quantitative estimate of drug-likeness (QED) is 0.875. The molecule has 0 saturated carbocycles. The van der Waals surface area contributed by atoms with Crippen molar-refractivity contribution in [2.24, 2.45) is 5.73 Å². The largest absolute Gasteiger partial charge is 0.366 e. The number of nitriles is 1. The second-order valence-electron chi connectivity index (χ2n) is 5.17. The minimum atomic E-state index is -0.440. The standard InChI is InChI=1S/C17H15N3O/c18-11-20-10-15-13(7-4-8-14(15)17(19)21)16(20)9-12-5-2-1-3-6-12/h1-8,16H,9-10H2,(H2,19,21). The third-order valence-corrected chi connectivity index (χ3v) is 3.94. The van der Waals surface area contributed by atoms with Crippen LogP contribution in [0.15, 0.2) is 48.5 Å². The van der Waals surface area contributed by atoms with Crippen LogP contribution in [0.4, 0.5) is 0 Å². The third-order valence-electron chi connectivity index (χ3n) is 3.94. The first-order chi connectivity index (χ1) is 10.2. The molecule has 0 fully saturated rings. The zero-order chi connectivity index (χ0) is 14.8. The molecule has 2 aromatic carbocycles. The van der Waals surface area contributed by atoms with E-state index in [0.717, 1.165) is 17.5 Å². The van der Waals surface area contributed by atoms with Crippen molar-refractivity contribution < 1.29 is 4.79 Å². The fourth-order valence-electron chi connectivity index (χ4n) is 2.94. The number of fused-ring (bicyclic) bond motifs is 1. The van der Waals surface area contributed by atoms with Crippen LogP contribution in [0.5, 0.6) is 0 Å². The molecule has 0 aromatic heterocycles. The van der Waals surface area contributed by atoms with Crippen LogP contribution in [0, 0.1) is 11.5 Å². The van der Waals surface area contributed by atoms with Gasteiger partial charge in [0.1, 0.15) is 0 Å². The topological polar surface area (TPSA) is 70.1 Å². The lowest BCUT2D eigenvalue weighted by Crippen LogP contribution is -2.18. The zero-order valence-corrected chi connectivity index (χ0v) is 11.5. The summed E-state index contributed by atoms with van der Waals surface area (Å²) in [4.78, 5) is 13.3. The van der Waals surface area contributed by atoms with Gasteiger partial charge in [0.2, 0.25) is 5.91 Å². The smallest absolute Gasteiger partial charge is 0.249 e. The lowest BCUT2D eigenvalue weighted by atomic mass is 9.95. The Morgan fingerprint density at radius 2 is 2.00 bits per heavy atom. The minimum absolute atomic E-state index is 0.0355. The maximum absolute atomic E-state index is 11.5. The van der Waals surface area contributed by atoms with Gasteiger partial charge in [0, 0.05) is 5.56 Å².